The van der Waals surface area contributed by atoms with E-state index in [9.17, 15) is 4.79 Å². The standard InChI is InChI=1S/C16H24N4O.HI/c1-2-13-5-7-14(8-6-13)19-16(17)18-10-9-15(21)20-11-3-4-12-20;/h5-8H,2-4,9-12H2,1H3,(H3,17,18,19);1H. The number of anilines is 1. The highest BCUT2D eigenvalue weighted by Gasteiger charge is 2.16. The van der Waals surface area contributed by atoms with E-state index in [1.807, 2.05) is 17.0 Å². The number of aryl methyl sites for hydroxylation is 1. The van der Waals surface area contributed by atoms with Crippen molar-refractivity contribution in [1.82, 2.24) is 4.90 Å². The largest absolute Gasteiger partial charge is 0.370 e. The Kier molecular flexibility index (Phi) is 8.22. The Hall–Kier alpha value is -1.31. The molecule has 3 N–H and O–H groups in total. The Balaban J connectivity index is 0.00000242. The summed E-state index contributed by atoms with van der Waals surface area (Å²) >= 11 is 0. The Morgan fingerprint density at radius 1 is 1.27 bits per heavy atom. The van der Waals surface area contributed by atoms with Gasteiger partial charge in [-0.25, -0.2) is 0 Å². The zero-order chi connectivity index (χ0) is 15.1. The lowest BCUT2D eigenvalue weighted by molar-refractivity contribution is -0.129. The van der Waals surface area contributed by atoms with Gasteiger partial charge >= 0.3 is 0 Å². The van der Waals surface area contributed by atoms with Crippen molar-refractivity contribution in [3.05, 3.63) is 29.8 Å². The first-order valence-electron chi connectivity index (χ1n) is 7.62. The van der Waals surface area contributed by atoms with Crippen molar-refractivity contribution in [3.8, 4) is 0 Å². The molecular weight excluding hydrogens is 391 g/mol. The minimum atomic E-state index is 0. The van der Waals surface area contributed by atoms with Crippen molar-refractivity contribution in [2.75, 3.05) is 25.0 Å². The summed E-state index contributed by atoms with van der Waals surface area (Å²) in [5.41, 5.74) is 8.03. The first-order chi connectivity index (χ1) is 10.2. The van der Waals surface area contributed by atoms with E-state index in [4.69, 9.17) is 5.73 Å². The Labute approximate surface area is 149 Å². The minimum absolute atomic E-state index is 0. The van der Waals surface area contributed by atoms with E-state index >= 15 is 0 Å². The third-order valence-electron chi connectivity index (χ3n) is 3.70. The molecule has 1 saturated heterocycles. The van der Waals surface area contributed by atoms with Gasteiger partial charge in [0.1, 0.15) is 0 Å². The Morgan fingerprint density at radius 3 is 2.50 bits per heavy atom. The second kappa shape index (κ2) is 9.66. The number of hydrogen-bond donors (Lipinski definition) is 2. The van der Waals surface area contributed by atoms with Gasteiger partial charge in [0.2, 0.25) is 5.91 Å². The first-order valence-corrected chi connectivity index (χ1v) is 7.62. The molecule has 1 fully saturated rings. The molecule has 0 aromatic heterocycles. The number of hydrogen-bond acceptors (Lipinski definition) is 2. The number of rotatable bonds is 5. The molecule has 122 valence electrons. The summed E-state index contributed by atoms with van der Waals surface area (Å²) < 4.78 is 0. The fraction of sp³-hybridized carbons (Fsp3) is 0.500. The first kappa shape index (κ1) is 18.7. The van der Waals surface area contributed by atoms with Crippen LogP contribution in [-0.4, -0.2) is 36.4 Å². The summed E-state index contributed by atoms with van der Waals surface area (Å²) in [6, 6.07) is 8.09. The van der Waals surface area contributed by atoms with Crippen LogP contribution in [0.15, 0.2) is 29.3 Å². The number of carbonyl (C=O) groups excluding carboxylic acids is 1. The summed E-state index contributed by atoms with van der Waals surface area (Å²) in [6.45, 7) is 4.33. The topological polar surface area (TPSA) is 70.7 Å². The lowest BCUT2D eigenvalue weighted by atomic mass is 10.1. The fourth-order valence-electron chi connectivity index (χ4n) is 2.41. The average Bonchev–Trinajstić information content (AvgIpc) is 3.02. The maximum Gasteiger partial charge on any atom is 0.224 e. The van der Waals surface area contributed by atoms with Crippen molar-refractivity contribution in [3.63, 3.8) is 0 Å². The van der Waals surface area contributed by atoms with E-state index in [2.05, 4.69) is 29.4 Å². The predicted octanol–water partition coefficient (Wildman–Crippen LogP) is 2.61. The summed E-state index contributed by atoms with van der Waals surface area (Å²) in [6.07, 6.45) is 3.68. The monoisotopic (exact) mass is 416 g/mol. The van der Waals surface area contributed by atoms with Crippen molar-refractivity contribution in [2.24, 2.45) is 10.7 Å². The van der Waals surface area contributed by atoms with Gasteiger partial charge in [-0.2, -0.15) is 0 Å². The highest BCUT2D eigenvalue weighted by atomic mass is 127. The molecule has 1 amide bonds. The van der Waals surface area contributed by atoms with Crippen LogP contribution in [0.4, 0.5) is 5.69 Å². The molecular formula is C16H25IN4O. The van der Waals surface area contributed by atoms with E-state index in [0.29, 0.717) is 18.9 Å². The van der Waals surface area contributed by atoms with E-state index in [1.165, 1.54) is 5.56 Å². The molecule has 1 aromatic rings. The molecule has 0 saturated carbocycles. The van der Waals surface area contributed by atoms with Crippen molar-refractivity contribution >= 4 is 41.5 Å². The third-order valence-corrected chi connectivity index (χ3v) is 3.70. The third kappa shape index (κ3) is 5.82. The van der Waals surface area contributed by atoms with Crippen LogP contribution in [0.2, 0.25) is 0 Å². The number of halogens is 1. The molecule has 6 heteroatoms. The SMILES string of the molecule is CCc1ccc(NC(N)=NCCC(=O)N2CCCC2)cc1.I. The quantitative estimate of drug-likeness (QED) is 0.441. The summed E-state index contributed by atoms with van der Waals surface area (Å²) in [5, 5.41) is 3.04. The zero-order valence-corrected chi connectivity index (χ0v) is 15.4. The normalized spacial score (nSPS) is 14.6. The number of nitrogens with zero attached hydrogens (tertiary/aromatic N) is 2. The molecule has 2 rings (SSSR count). The number of nitrogens with one attached hydrogen (secondary N) is 1. The Bertz CT molecular complexity index is 495. The Morgan fingerprint density at radius 2 is 1.91 bits per heavy atom. The smallest absolute Gasteiger partial charge is 0.224 e. The minimum Gasteiger partial charge on any atom is -0.370 e. The molecule has 1 heterocycles. The number of benzene rings is 1. The number of guanidine groups is 1. The van der Waals surface area contributed by atoms with Gasteiger partial charge in [-0.1, -0.05) is 19.1 Å². The van der Waals surface area contributed by atoms with Gasteiger partial charge < -0.3 is 16.0 Å². The number of aliphatic imine (C=N–C) groups is 1. The van der Waals surface area contributed by atoms with Crippen molar-refractivity contribution in [1.29, 1.82) is 0 Å². The molecule has 1 aromatic carbocycles. The number of nitrogens with two attached hydrogens (primary N) is 1. The van der Waals surface area contributed by atoms with Crippen LogP contribution in [0.25, 0.3) is 0 Å². The molecule has 1 aliphatic heterocycles. The lowest BCUT2D eigenvalue weighted by Crippen LogP contribution is -2.28. The van der Waals surface area contributed by atoms with E-state index < -0.39 is 0 Å². The molecule has 5 nitrogen and oxygen atoms in total. The number of carbonyl (C=O) groups is 1. The van der Waals surface area contributed by atoms with Crippen molar-refractivity contribution < 1.29 is 4.79 Å². The van der Waals surface area contributed by atoms with Crippen LogP contribution in [0.5, 0.6) is 0 Å². The average molecular weight is 416 g/mol. The predicted molar refractivity (Wildman–Crippen MR) is 102 cm³/mol. The molecule has 0 radical (unpaired) electrons. The van der Waals surface area contributed by atoms with Crippen LogP contribution in [0.3, 0.4) is 0 Å². The molecule has 22 heavy (non-hydrogen) atoms. The van der Waals surface area contributed by atoms with E-state index in [1.54, 1.807) is 0 Å². The van der Waals surface area contributed by atoms with Crippen LogP contribution >= 0.6 is 24.0 Å². The second-order valence-electron chi connectivity index (χ2n) is 5.28. The van der Waals surface area contributed by atoms with Gasteiger partial charge in [0.15, 0.2) is 5.96 Å². The lowest BCUT2D eigenvalue weighted by Gasteiger charge is -2.14. The summed E-state index contributed by atoms with van der Waals surface area (Å²) in [4.78, 5) is 18.0. The second-order valence-corrected chi connectivity index (χ2v) is 5.28. The van der Waals surface area contributed by atoms with E-state index in [-0.39, 0.29) is 29.9 Å². The van der Waals surface area contributed by atoms with Gasteiger partial charge in [0.25, 0.3) is 0 Å². The summed E-state index contributed by atoms with van der Waals surface area (Å²) in [5.74, 6) is 0.532. The van der Waals surface area contributed by atoms with Gasteiger partial charge in [-0.05, 0) is 37.0 Å². The highest BCUT2D eigenvalue weighted by molar-refractivity contribution is 14.0. The highest BCUT2D eigenvalue weighted by Crippen LogP contribution is 2.10. The molecule has 1 aliphatic rings. The zero-order valence-electron chi connectivity index (χ0n) is 13.0. The summed E-state index contributed by atoms with van der Waals surface area (Å²) in [7, 11) is 0. The molecule has 0 spiro atoms. The maximum atomic E-state index is 11.9. The molecule has 0 bridgehead atoms. The van der Waals surface area contributed by atoms with Crippen LogP contribution < -0.4 is 11.1 Å². The van der Waals surface area contributed by atoms with Crippen LogP contribution in [0.1, 0.15) is 31.7 Å². The molecule has 0 aliphatic carbocycles. The van der Waals surface area contributed by atoms with Gasteiger partial charge in [0.05, 0.1) is 6.54 Å². The van der Waals surface area contributed by atoms with Gasteiger partial charge in [-0.3, -0.25) is 9.79 Å². The van der Waals surface area contributed by atoms with Gasteiger partial charge in [0, 0.05) is 25.2 Å². The molecule has 0 atom stereocenters. The van der Waals surface area contributed by atoms with Gasteiger partial charge in [-0.15, -0.1) is 24.0 Å². The van der Waals surface area contributed by atoms with Crippen LogP contribution in [-0.2, 0) is 11.2 Å². The van der Waals surface area contributed by atoms with E-state index in [0.717, 1.165) is 38.0 Å². The van der Waals surface area contributed by atoms with Crippen molar-refractivity contribution in [2.45, 2.75) is 32.6 Å². The number of likely N-dealkylation sites (tertiary alicyclic amines) is 1. The number of amides is 1. The fourth-order valence-corrected chi connectivity index (χ4v) is 2.41. The maximum absolute atomic E-state index is 11.9. The molecule has 0 unspecified atom stereocenters. The van der Waals surface area contributed by atoms with Crippen LogP contribution in [0, 0.1) is 0 Å².